The number of rotatable bonds is 3. The summed E-state index contributed by atoms with van der Waals surface area (Å²) in [5.41, 5.74) is 2.15. The molecule has 4 aliphatic rings. The molecule has 3 N–H and O–H groups in total. The number of ether oxygens (including phenoxy) is 1. The Bertz CT molecular complexity index is 748. The van der Waals surface area contributed by atoms with Gasteiger partial charge in [0.15, 0.2) is 0 Å². The van der Waals surface area contributed by atoms with Crippen LogP contribution in [0.25, 0.3) is 0 Å². The highest BCUT2D eigenvalue weighted by Gasteiger charge is 2.63. The minimum atomic E-state index is -0.190. The van der Waals surface area contributed by atoms with Crippen molar-refractivity contribution in [1.29, 1.82) is 5.26 Å². The molecule has 4 unspecified atom stereocenters. The van der Waals surface area contributed by atoms with Gasteiger partial charge in [-0.2, -0.15) is 5.26 Å². The normalized spacial score (nSPS) is 43.4. The van der Waals surface area contributed by atoms with Gasteiger partial charge in [0.2, 0.25) is 0 Å². The average Bonchev–Trinajstić information content (AvgIpc) is 2.90. The molecule has 0 bridgehead atoms. The molecule has 4 rings (SSSR count). The molecule has 6 atom stereocenters. The van der Waals surface area contributed by atoms with Crippen molar-refractivity contribution in [3.8, 4) is 6.07 Å². The molecule has 0 aromatic carbocycles. The Morgan fingerprint density at radius 1 is 1.37 bits per heavy atom. The van der Waals surface area contributed by atoms with Crippen LogP contribution in [0.2, 0.25) is 0 Å². The van der Waals surface area contributed by atoms with Crippen LogP contribution in [0, 0.1) is 34.5 Å². The third kappa shape index (κ3) is 2.73. The first-order chi connectivity index (χ1) is 12.9. The Labute approximate surface area is 162 Å². The molecule has 0 amide bonds. The minimum Gasteiger partial charge on any atom is -0.495 e. The highest BCUT2D eigenvalue weighted by molar-refractivity contribution is 5.35. The van der Waals surface area contributed by atoms with Gasteiger partial charge in [-0.3, -0.25) is 0 Å². The first kappa shape index (κ1) is 18.6. The van der Waals surface area contributed by atoms with Crippen LogP contribution >= 0.6 is 0 Å². The molecule has 146 valence electrons. The average molecular weight is 369 g/mol. The van der Waals surface area contributed by atoms with Crippen molar-refractivity contribution in [2.75, 3.05) is 20.2 Å². The van der Waals surface area contributed by atoms with Crippen LogP contribution in [0.5, 0.6) is 0 Å². The third-order valence-corrected chi connectivity index (χ3v) is 7.69. The van der Waals surface area contributed by atoms with Crippen molar-refractivity contribution in [2.45, 2.75) is 51.6 Å². The second-order valence-corrected chi connectivity index (χ2v) is 9.09. The second kappa shape index (κ2) is 6.68. The van der Waals surface area contributed by atoms with Gasteiger partial charge in [-0.15, -0.1) is 0 Å². The Morgan fingerprint density at radius 2 is 2.19 bits per heavy atom. The van der Waals surface area contributed by atoms with E-state index < -0.39 is 0 Å². The number of hydrogen-bond acceptors (Lipinski definition) is 5. The first-order valence-electron chi connectivity index (χ1n) is 10.2. The summed E-state index contributed by atoms with van der Waals surface area (Å²) in [4.78, 5) is 0. The smallest absolute Gasteiger partial charge is 0.138 e. The molecule has 2 saturated heterocycles. The molecule has 2 aliphatic carbocycles. The number of nitrogens with zero attached hydrogens (tertiary/aromatic N) is 1. The molecule has 27 heavy (non-hydrogen) atoms. The number of allylic oxidation sites excluding steroid dienone is 4. The van der Waals surface area contributed by atoms with Crippen molar-refractivity contribution in [1.82, 2.24) is 16.0 Å². The lowest BCUT2D eigenvalue weighted by Gasteiger charge is -2.50. The fourth-order valence-electron chi connectivity index (χ4n) is 5.84. The van der Waals surface area contributed by atoms with E-state index in [9.17, 15) is 5.26 Å². The van der Waals surface area contributed by atoms with E-state index in [0.29, 0.717) is 17.9 Å². The van der Waals surface area contributed by atoms with Gasteiger partial charge in [0.25, 0.3) is 0 Å². The van der Waals surface area contributed by atoms with Gasteiger partial charge in [0, 0.05) is 29.7 Å². The number of piperidine rings is 1. The summed E-state index contributed by atoms with van der Waals surface area (Å²) in [5.74, 6) is 1.68. The summed E-state index contributed by atoms with van der Waals surface area (Å²) in [5, 5.41) is 21.2. The van der Waals surface area contributed by atoms with E-state index in [0.717, 1.165) is 43.8 Å². The first-order valence-corrected chi connectivity index (χ1v) is 10.2. The van der Waals surface area contributed by atoms with Crippen LogP contribution in [0.15, 0.2) is 35.4 Å². The summed E-state index contributed by atoms with van der Waals surface area (Å²) in [6.07, 6.45) is 9.48. The van der Waals surface area contributed by atoms with E-state index >= 15 is 0 Å². The third-order valence-electron chi connectivity index (χ3n) is 7.69. The van der Waals surface area contributed by atoms with Crippen LogP contribution in [0.1, 0.15) is 40.0 Å². The minimum absolute atomic E-state index is 0.0319. The lowest BCUT2D eigenvalue weighted by Crippen LogP contribution is -2.57. The number of methoxy groups -OCH3 is 1. The molecule has 2 heterocycles. The van der Waals surface area contributed by atoms with Crippen LogP contribution in [0.3, 0.4) is 0 Å². The zero-order chi connectivity index (χ0) is 19.2. The van der Waals surface area contributed by atoms with E-state index in [4.69, 9.17) is 4.74 Å². The highest BCUT2D eigenvalue weighted by Crippen LogP contribution is 2.57. The number of fused-ring (bicyclic) bond motifs is 3. The molecular weight excluding hydrogens is 336 g/mol. The standard InChI is InChI=1S/C22H32N4O/c1-14-6-5-7-19(27-4)20(14)25-16-10-15(12-23)22(3)21(2,11-16)17-13-24-9-8-18(17)26-22/h5,7,10,14-15,17-18,24-26H,6,8-9,11,13H2,1-4H3/t14?,15?,17-,18+,21?,22?/m1/s1. The molecule has 0 saturated carbocycles. The fourth-order valence-corrected chi connectivity index (χ4v) is 5.84. The molecule has 0 aromatic heterocycles. The van der Waals surface area contributed by atoms with E-state index in [1.54, 1.807) is 7.11 Å². The van der Waals surface area contributed by atoms with Crippen molar-refractivity contribution >= 4 is 0 Å². The van der Waals surface area contributed by atoms with Gasteiger partial charge in [-0.25, -0.2) is 0 Å². The highest BCUT2D eigenvalue weighted by atomic mass is 16.5. The van der Waals surface area contributed by atoms with Gasteiger partial charge in [-0.1, -0.05) is 19.9 Å². The Morgan fingerprint density at radius 3 is 2.93 bits per heavy atom. The number of hydrogen-bond donors (Lipinski definition) is 3. The Balaban J connectivity index is 1.69. The van der Waals surface area contributed by atoms with Crippen molar-refractivity contribution < 1.29 is 4.74 Å². The summed E-state index contributed by atoms with van der Waals surface area (Å²) < 4.78 is 5.60. The summed E-state index contributed by atoms with van der Waals surface area (Å²) in [6.45, 7) is 8.95. The van der Waals surface area contributed by atoms with E-state index in [2.05, 4.69) is 61.0 Å². The van der Waals surface area contributed by atoms with Gasteiger partial charge in [0.05, 0.1) is 24.8 Å². The maximum atomic E-state index is 10.00. The molecule has 5 heteroatoms. The zero-order valence-electron chi connectivity index (χ0n) is 16.9. The maximum Gasteiger partial charge on any atom is 0.138 e. The molecule has 2 fully saturated rings. The Hall–Kier alpha value is -1.77. The van der Waals surface area contributed by atoms with Gasteiger partial charge in [-0.05, 0) is 56.2 Å². The monoisotopic (exact) mass is 368 g/mol. The fraction of sp³-hybridized carbons (Fsp3) is 0.682. The number of nitriles is 1. The van der Waals surface area contributed by atoms with E-state index in [-0.39, 0.29) is 16.9 Å². The van der Waals surface area contributed by atoms with E-state index in [1.807, 2.05) is 0 Å². The second-order valence-electron chi connectivity index (χ2n) is 9.09. The van der Waals surface area contributed by atoms with Crippen LogP contribution < -0.4 is 16.0 Å². The van der Waals surface area contributed by atoms with Gasteiger partial charge >= 0.3 is 0 Å². The van der Waals surface area contributed by atoms with Crippen molar-refractivity contribution in [3.05, 3.63) is 35.4 Å². The van der Waals surface area contributed by atoms with Crippen LogP contribution in [-0.4, -0.2) is 31.8 Å². The number of nitrogens with one attached hydrogen (secondary N) is 3. The predicted molar refractivity (Wildman–Crippen MR) is 106 cm³/mol. The van der Waals surface area contributed by atoms with Gasteiger partial charge < -0.3 is 20.7 Å². The van der Waals surface area contributed by atoms with E-state index in [1.165, 1.54) is 5.70 Å². The zero-order valence-corrected chi connectivity index (χ0v) is 16.9. The molecule has 0 spiro atoms. The summed E-state index contributed by atoms with van der Waals surface area (Å²) in [6, 6.07) is 3.09. The lowest BCUT2D eigenvalue weighted by atomic mass is 9.56. The topological polar surface area (TPSA) is 69.1 Å². The largest absolute Gasteiger partial charge is 0.495 e. The molecule has 0 aromatic rings. The quantitative estimate of drug-likeness (QED) is 0.715. The van der Waals surface area contributed by atoms with Crippen molar-refractivity contribution in [2.24, 2.45) is 23.2 Å². The molecule has 5 nitrogen and oxygen atoms in total. The van der Waals surface area contributed by atoms with Gasteiger partial charge in [0.1, 0.15) is 5.76 Å². The molecular formula is C22H32N4O. The molecule has 0 radical (unpaired) electrons. The Kier molecular flexibility index (Phi) is 4.60. The maximum absolute atomic E-state index is 10.00. The molecule has 2 aliphatic heterocycles. The van der Waals surface area contributed by atoms with Crippen molar-refractivity contribution in [3.63, 3.8) is 0 Å². The predicted octanol–water partition coefficient (Wildman–Crippen LogP) is 2.80. The lowest BCUT2D eigenvalue weighted by molar-refractivity contribution is 0.0866. The summed E-state index contributed by atoms with van der Waals surface area (Å²) >= 11 is 0. The SMILES string of the molecule is COC1=C(NC2=CC(C#N)C3(C)N[C@H]4CCNC[C@H]4C3(C)C2)C(C)CC=C1. The van der Waals surface area contributed by atoms with Crippen LogP contribution in [-0.2, 0) is 4.74 Å². The van der Waals surface area contributed by atoms with Crippen LogP contribution in [0.4, 0.5) is 0 Å². The summed E-state index contributed by atoms with van der Waals surface area (Å²) in [7, 11) is 1.73.